The quantitative estimate of drug-likeness (QED) is 0.676. The van der Waals surface area contributed by atoms with Crippen molar-refractivity contribution in [2.75, 3.05) is 0 Å². The van der Waals surface area contributed by atoms with E-state index < -0.39 is 0 Å². The Hall–Kier alpha value is -0.920. The first kappa shape index (κ1) is 13.7. The molecule has 0 radical (unpaired) electrons. The highest BCUT2D eigenvalue weighted by Crippen LogP contribution is 2.64. The van der Waals surface area contributed by atoms with E-state index in [0.717, 1.165) is 32.1 Å². The topological polar surface area (TPSA) is 34.1 Å². The minimum absolute atomic E-state index is 0.0715. The summed E-state index contributed by atoms with van der Waals surface area (Å²) in [6.45, 7) is 4.44. The van der Waals surface area contributed by atoms with Gasteiger partial charge in [0.1, 0.15) is 5.78 Å². The first-order chi connectivity index (χ1) is 9.98. The number of carbonyl (C=O) groups excluding carboxylic acids is 2. The maximum absolute atomic E-state index is 12.7. The number of fused-ring (bicyclic) bond motifs is 5. The number of allylic oxidation sites excluding steroid dienone is 2. The molecule has 114 valence electrons. The SMILES string of the molecule is C[C@]12C(=O)C=CC[C@H]1CC[C@@H]1[C@@H]2CC[C@]2(C)C(=O)CC[C@@H]12. The van der Waals surface area contributed by atoms with Crippen molar-refractivity contribution in [3.63, 3.8) is 0 Å². The molecule has 4 aliphatic rings. The highest BCUT2D eigenvalue weighted by molar-refractivity contribution is 5.96. The minimum atomic E-state index is -0.148. The minimum Gasteiger partial charge on any atom is -0.299 e. The fourth-order valence-electron chi connectivity index (χ4n) is 6.47. The van der Waals surface area contributed by atoms with Crippen LogP contribution in [0.2, 0.25) is 0 Å². The molecule has 0 N–H and O–H groups in total. The molecule has 0 saturated heterocycles. The lowest BCUT2D eigenvalue weighted by molar-refractivity contribution is -0.148. The Morgan fingerprint density at radius 2 is 1.86 bits per heavy atom. The summed E-state index contributed by atoms with van der Waals surface area (Å²) in [6, 6.07) is 0. The van der Waals surface area contributed by atoms with Crippen LogP contribution in [0.5, 0.6) is 0 Å². The molecular formula is C19H26O2. The van der Waals surface area contributed by atoms with Crippen molar-refractivity contribution in [1.82, 2.24) is 0 Å². The second-order valence-corrected chi connectivity index (χ2v) is 8.35. The van der Waals surface area contributed by atoms with E-state index in [9.17, 15) is 9.59 Å². The van der Waals surface area contributed by atoms with Crippen LogP contribution in [0, 0.1) is 34.5 Å². The Morgan fingerprint density at radius 1 is 1.05 bits per heavy atom. The summed E-state index contributed by atoms with van der Waals surface area (Å²) in [5.41, 5.74) is -0.220. The molecular weight excluding hydrogens is 260 g/mol. The number of carbonyl (C=O) groups is 2. The zero-order valence-corrected chi connectivity index (χ0v) is 13.2. The molecule has 0 aromatic rings. The molecule has 21 heavy (non-hydrogen) atoms. The largest absolute Gasteiger partial charge is 0.299 e. The van der Waals surface area contributed by atoms with Crippen molar-refractivity contribution in [3.05, 3.63) is 12.2 Å². The molecule has 0 bridgehead atoms. The van der Waals surface area contributed by atoms with E-state index in [4.69, 9.17) is 0 Å². The Bertz CT molecular complexity index is 534. The van der Waals surface area contributed by atoms with Gasteiger partial charge in [0.05, 0.1) is 0 Å². The number of ketones is 2. The summed E-state index contributed by atoms with van der Waals surface area (Å²) < 4.78 is 0. The summed E-state index contributed by atoms with van der Waals surface area (Å²) in [4.78, 5) is 25.0. The second kappa shape index (κ2) is 4.30. The van der Waals surface area contributed by atoms with Crippen LogP contribution in [0.15, 0.2) is 12.2 Å². The van der Waals surface area contributed by atoms with E-state index in [0.29, 0.717) is 35.2 Å². The van der Waals surface area contributed by atoms with Gasteiger partial charge >= 0.3 is 0 Å². The first-order valence-electron chi connectivity index (χ1n) is 8.72. The summed E-state index contributed by atoms with van der Waals surface area (Å²) in [5.74, 6) is 3.05. The van der Waals surface area contributed by atoms with E-state index in [-0.39, 0.29) is 10.8 Å². The van der Waals surface area contributed by atoms with Crippen LogP contribution in [0.4, 0.5) is 0 Å². The summed E-state index contributed by atoms with van der Waals surface area (Å²) >= 11 is 0. The van der Waals surface area contributed by atoms with E-state index in [1.54, 1.807) is 0 Å². The zero-order chi connectivity index (χ0) is 14.8. The van der Waals surface area contributed by atoms with Crippen molar-refractivity contribution in [2.45, 2.75) is 58.8 Å². The summed E-state index contributed by atoms with van der Waals surface area (Å²) in [5, 5.41) is 0. The fraction of sp³-hybridized carbons (Fsp3) is 0.789. The third kappa shape index (κ3) is 1.59. The van der Waals surface area contributed by atoms with E-state index in [2.05, 4.69) is 19.9 Å². The van der Waals surface area contributed by atoms with E-state index in [1.807, 2.05) is 6.08 Å². The van der Waals surface area contributed by atoms with Crippen LogP contribution in [-0.2, 0) is 9.59 Å². The molecule has 2 nitrogen and oxygen atoms in total. The number of Topliss-reactive ketones (excluding diaryl/α,β-unsaturated/α-hetero) is 1. The summed E-state index contributed by atoms with van der Waals surface area (Å²) in [6.07, 6.45) is 11.3. The number of hydrogen-bond acceptors (Lipinski definition) is 2. The molecule has 2 heteroatoms. The van der Waals surface area contributed by atoms with Gasteiger partial charge in [0.2, 0.25) is 0 Å². The highest BCUT2D eigenvalue weighted by Gasteiger charge is 2.61. The lowest BCUT2D eigenvalue weighted by Gasteiger charge is -2.57. The van der Waals surface area contributed by atoms with Crippen LogP contribution in [0.25, 0.3) is 0 Å². The lowest BCUT2D eigenvalue weighted by atomic mass is 9.46. The van der Waals surface area contributed by atoms with Gasteiger partial charge in [-0.3, -0.25) is 9.59 Å². The highest BCUT2D eigenvalue weighted by atomic mass is 16.1. The predicted octanol–water partition coefficient (Wildman–Crippen LogP) is 3.94. The van der Waals surface area contributed by atoms with Crippen molar-refractivity contribution in [2.24, 2.45) is 34.5 Å². The molecule has 0 aromatic carbocycles. The fourth-order valence-corrected chi connectivity index (χ4v) is 6.47. The average molecular weight is 286 g/mol. The molecule has 0 amide bonds. The molecule has 3 saturated carbocycles. The van der Waals surface area contributed by atoms with Crippen molar-refractivity contribution < 1.29 is 9.59 Å². The smallest absolute Gasteiger partial charge is 0.161 e. The Labute approximate surface area is 127 Å². The zero-order valence-electron chi connectivity index (χ0n) is 13.2. The first-order valence-corrected chi connectivity index (χ1v) is 8.72. The maximum Gasteiger partial charge on any atom is 0.161 e. The Kier molecular flexibility index (Phi) is 2.81. The second-order valence-electron chi connectivity index (χ2n) is 8.35. The molecule has 0 spiro atoms. The molecule has 0 aromatic heterocycles. The molecule has 4 rings (SSSR count). The van der Waals surface area contributed by atoms with Crippen LogP contribution < -0.4 is 0 Å². The van der Waals surface area contributed by atoms with Gasteiger partial charge in [-0.05, 0) is 68.3 Å². The van der Waals surface area contributed by atoms with Crippen molar-refractivity contribution in [3.8, 4) is 0 Å². The predicted molar refractivity (Wildman–Crippen MR) is 81.6 cm³/mol. The van der Waals surface area contributed by atoms with Gasteiger partial charge in [0.15, 0.2) is 5.78 Å². The van der Waals surface area contributed by atoms with Gasteiger partial charge in [0.25, 0.3) is 0 Å². The van der Waals surface area contributed by atoms with Crippen molar-refractivity contribution in [1.29, 1.82) is 0 Å². The van der Waals surface area contributed by atoms with E-state index >= 15 is 0 Å². The summed E-state index contributed by atoms with van der Waals surface area (Å²) in [7, 11) is 0. The molecule has 3 fully saturated rings. The van der Waals surface area contributed by atoms with Crippen molar-refractivity contribution >= 4 is 11.6 Å². The molecule has 4 aliphatic carbocycles. The van der Waals surface area contributed by atoms with Crippen LogP contribution >= 0.6 is 0 Å². The normalized spacial score (nSPS) is 52.3. The Morgan fingerprint density at radius 3 is 2.67 bits per heavy atom. The maximum atomic E-state index is 12.7. The third-order valence-corrected chi connectivity index (χ3v) is 7.83. The molecule has 0 unspecified atom stereocenters. The average Bonchev–Trinajstić information content (AvgIpc) is 2.76. The van der Waals surface area contributed by atoms with Crippen LogP contribution in [0.1, 0.15) is 58.8 Å². The monoisotopic (exact) mass is 286 g/mol. The van der Waals surface area contributed by atoms with Crippen LogP contribution in [-0.4, -0.2) is 11.6 Å². The van der Waals surface area contributed by atoms with Gasteiger partial charge in [-0.1, -0.05) is 19.9 Å². The number of hydrogen-bond donors (Lipinski definition) is 0. The number of rotatable bonds is 0. The van der Waals surface area contributed by atoms with Gasteiger partial charge in [-0.2, -0.15) is 0 Å². The molecule has 6 atom stereocenters. The lowest BCUT2D eigenvalue weighted by Crippen LogP contribution is -2.55. The van der Waals surface area contributed by atoms with Gasteiger partial charge in [0, 0.05) is 17.3 Å². The van der Waals surface area contributed by atoms with Crippen LogP contribution in [0.3, 0.4) is 0 Å². The van der Waals surface area contributed by atoms with Gasteiger partial charge < -0.3 is 0 Å². The van der Waals surface area contributed by atoms with E-state index in [1.165, 1.54) is 12.8 Å². The third-order valence-electron chi connectivity index (χ3n) is 7.83. The molecule has 0 aliphatic heterocycles. The Balaban J connectivity index is 1.72. The standard InChI is InChI=1S/C19H26O2/c1-18-11-10-15-13(14(18)8-9-16(18)20)7-6-12-4-3-5-17(21)19(12,15)2/h3,5,12-15H,4,6-11H2,1-2H3/t12-,13-,14-,15-,18-,19-/m0/s1. The molecule has 0 heterocycles. The van der Waals surface area contributed by atoms with Gasteiger partial charge in [-0.15, -0.1) is 0 Å². The van der Waals surface area contributed by atoms with Gasteiger partial charge in [-0.25, -0.2) is 0 Å².